The first kappa shape index (κ1) is 23.5. The van der Waals surface area contributed by atoms with Crippen molar-refractivity contribution in [1.82, 2.24) is 9.80 Å². The summed E-state index contributed by atoms with van der Waals surface area (Å²) in [5, 5.41) is 10.4. The number of non-ortho nitro benzene ring substituents is 1. The third kappa shape index (κ3) is 5.61. The molecule has 2 fully saturated rings. The summed E-state index contributed by atoms with van der Waals surface area (Å²) in [5.74, 6) is -0.0103. The highest BCUT2D eigenvalue weighted by molar-refractivity contribution is 8.18. The second kappa shape index (κ2) is 10.5. The van der Waals surface area contributed by atoms with Crippen LogP contribution in [0.4, 0.5) is 10.5 Å². The molecule has 2 aromatic carbocycles. The molecule has 0 unspecified atom stereocenters. The van der Waals surface area contributed by atoms with Crippen molar-refractivity contribution in [3.8, 4) is 5.75 Å². The summed E-state index contributed by atoms with van der Waals surface area (Å²) < 4.78 is 10.8. The van der Waals surface area contributed by atoms with Crippen LogP contribution in [0, 0.1) is 10.1 Å². The zero-order chi connectivity index (χ0) is 24.1. The molecule has 0 bridgehead atoms. The van der Waals surface area contributed by atoms with Crippen molar-refractivity contribution in [2.45, 2.75) is 6.54 Å². The molecule has 0 atom stereocenters. The van der Waals surface area contributed by atoms with Crippen molar-refractivity contribution >= 4 is 40.6 Å². The summed E-state index contributed by atoms with van der Waals surface area (Å²) >= 11 is 0.837. The number of imide groups is 1. The molecular formula is C23H21N3O7S. The largest absolute Gasteiger partial charge is 0.484 e. The van der Waals surface area contributed by atoms with Crippen LogP contribution in [0.25, 0.3) is 6.08 Å². The molecule has 0 N–H and O–H groups in total. The maximum Gasteiger partial charge on any atom is 0.293 e. The topological polar surface area (TPSA) is 119 Å². The number of morpholine rings is 1. The van der Waals surface area contributed by atoms with Gasteiger partial charge >= 0.3 is 0 Å². The van der Waals surface area contributed by atoms with Crippen LogP contribution in [0.3, 0.4) is 0 Å². The van der Waals surface area contributed by atoms with Gasteiger partial charge in [0.05, 0.1) is 29.6 Å². The van der Waals surface area contributed by atoms with Gasteiger partial charge in [-0.05, 0) is 41.1 Å². The molecule has 2 aromatic rings. The number of amides is 3. The van der Waals surface area contributed by atoms with Gasteiger partial charge in [0.15, 0.2) is 6.61 Å². The van der Waals surface area contributed by atoms with Gasteiger partial charge in [0, 0.05) is 25.2 Å². The monoisotopic (exact) mass is 483 g/mol. The number of carbonyl (C=O) groups is 3. The first-order valence-electron chi connectivity index (χ1n) is 10.5. The molecule has 3 amide bonds. The number of carbonyl (C=O) groups excluding carboxylic acids is 3. The Bertz CT molecular complexity index is 1130. The number of ether oxygens (including phenoxy) is 2. The molecule has 4 rings (SSSR count). The Morgan fingerprint density at radius 1 is 1.09 bits per heavy atom. The lowest BCUT2D eigenvalue weighted by Crippen LogP contribution is -2.42. The lowest BCUT2D eigenvalue weighted by atomic mass is 10.2. The van der Waals surface area contributed by atoms with Crippen molar-refractivity contribution < 1.29 is 28.8 Å². The number of nitrogens with zero attached hydrogens (tertiary/aromatic N) is 3. The Hall–Kier alpha value is -3.70. The van der Waals surface area contributed by atoms with Crippen molar-refractivity contribution in [1.29, 1.82) is 0 Å². The number of hydrogen-bond donors (Lipinski definition) is 0. The average Bonchev–Trinajstić information content (AvgIpc) is 3.11. The maximum atomic E-state index is 12.7. The smallest absolute Gasteiger partial charge is 0.293 e. The summed E-state index contributed by atoms with van der Waals surface area (Å²) in [4.78, 5) is 50.6. The fourth-order valence-corrected chi connectivity index (χ4v) is 4.24. The lowest BCUT2D eigenvalue weighted by molar-refractivity contribution is -0.384. The van der Waals surface area contributed by atoms with Crippen LogP contribution in [-0.4, -0.2) is 64.7 Å². The summed E-state index contributed by atoms with van der Waals surface area (Å²) in [7, 11) is 0. The van der Waals surface area contributed by atoms with Crippen molar-refractivity contribution in [2.24, 2.45) is 0 Å². The van der Waals surface area contributed by atoms with Crippen LogP contribution in [0.2, 0.25) is 0 Å². The standard InChI is InChI=1S/C23H21N3O7S/c27-21(24-9-11-32-12-10-24)15-33-19-7-3-16(4-8-19)13-20-22(28)25(23(29)34-20)14-17-1-5-18(6-2-17)26(30)31/h1-8,13H,9-12,14-15H2/b20-13-. The average molecular weight is 484 g/mol. The fourth-order valence-electron chi connectivity index (χ4n) is 3.40. The Balaban J connectivity index is 1.35. The van der Waals surface area contributed by atoms with Crippen LogP contribution in [0.15, 0.2) is 53.4 Å². The minimum atomic E-state index is -0.509. The normalized spacial score (nSPS) is 17.4. The highest BCUT2D eigenvalue weighted by Crippen LogP contribution is 2.33. The molecule has 2 aliphatic rings. The third-order valence-electron chi connectivity index (χ3n) is 5.27. The summed E-state index contributed by atoms with van der Waals surface area (Å²) in [6, 6.07) is 12.6. The van der Waals surface area contributed by atoms with Crippen molar-refractivity contribution in [3.05, 3.63) is 74.7 Å². The van der Waals surface area contributed by atoms with E-state index in [0.717, 1.165) is 16.7 Å². The first-order valence-corrected chi connectivity index (χ1v) is 11.3. The van der Waals surface area contributed by atoms with Crippen LogP contribution >= 0.6 is 11.8 Å². The Morgan fingerprint density at radius 3 is 2.41 bits per heavy atom. The Kier molecular flexibility index (Phi) is 7.24. The van der Waals surface area contributed by atoms with Gasteiger partial charge in [0.1, 0.15) is 5.75 Å². The molecule has 2 heterocycles. The second-order valence-corrected chi connectivity index (χ2v) is 8.54. The number of benzene rings is 2. The highest BCUT2D eigenvalue weighted by atomic mass is 32.2. The molecule has 0 spiro atoms. The van der Waals surface area contributed by atoms with E-state index >= 15 is 0 Å². The first-order chi connectivity index (χ1) is 16.4. The number of nitro benzene ring substituents is 1. The number of thioether (sulfide) groups is 1. The summed E-state index contributed by atoms with van der Waals surface area (Å²) in [5.41, 5.74) is 1.26. The van der Waals surface area contributed by atoms with E-state index in [-0.39, 0.29) is 29.7 Å². The second-order valence-electron chi connectivity index (χ2n) is 7.54. The minimum Gasteiger partial charge on any atom is -0.484 e. The van der Waals surface area contributed by atoms with E-state index in [2.05, 4.69) is 0 Å². The molecule has 34 heavy (non-hydrogen) atoms. The molecule has 11 heteroatoms. The summed E-state index contributed by atoms with van der Waals surface area (Å²) in [6.45, 7) is 2.13. The van der Waals surface area contributed by atoms with Crippen molar-refractivity contribution in [2.75, 3.05) is 32.9 Å². The predicted octanol–water partition coefficient (Wildman–Crippen LogP) is 3.07. The molecule has 0 radical (unpaired) electrons. The molecule has 176 valence electrons. The van der Waals surface area contributed by atoms with Gasteiger partial charge in [0.25, 0.3) is 22.7 Å². The molecule has 0 aliphatic carbocycles. The molecule has 10 nitrogen and oxygen atoms in total. The van der Waals surface area contributed by atoms with E-state index < -0.39 is 16.1 Å². The van der Waals surface area contributed by atoms with E-state index in [4.69, 9.17) is 9.47 Å². The van der Waals surface area contributed by atoms with Crippen LogP contribution < -0.4 is 4.74 Å². The summed E-state index contributed by atoms with van der Waals surface area (Å²) in [6.07, 6.45) is 1.61. The van der Waals surface area contributed by atoms with Gasteiger partial charge in [-0.15, -0.1) is 0 Å². The van der Waals surface area contributed by atoms with Gasteiger partial charge < -0.3 is 14.4 Å². The van der Waals surface area contributed by atoms with E-state index in [1.54, 1.807) is 35.2 Å². The van der Waals surface area contributed by atoms with Gasteiger partial charge in [-0.2, -0.15) is 0 Å². The van der Waals surface area contributed by atoms with Crippen LogP contribution in [0.5, 0.6) is 5.75 Å². The maximum absolute atomic E-state index is 12.7. The minimum absolute atomic E-state index is 0.0317. The zero-order valence-electron chi connectivity index (χ0n) is 18.0. The molecular weight excluding hydrogens is 462 g/mol. The molecule has 0 saturated carbocycles. The molecule has 2 aliphatic heterocycles. The van der Waals surface area contributed by atoms with E-state index in [1.807, 2.05) is 0 Å². The Morgan fingerprint density at radius 2 is 1.76 bits per heavy atom. The Labute approximate surface area is 199 Å². The van der Waals surface area contributed by atoms with Crippen LogP contribution in [-0.2, 0) is 20.9 Å². The number of nitro groups is 1. The van der Waals surface area contributed by atoms with Crippen LogP contribution in [0.1, 0.15) is 11.1 Å². The number of rotatable bonds is 7. The zero-order valence-corrected chi connectivity index (χ0v) is 18.9. The molecule has 0 aromatic heterocycles. The number of hydrogen-bond acceptors (Lipinski definition) is 8. The lowest BCUT2D eigenvalue weighted by Gasteiger charge is -2.26. The third-order valence-corrected chi connectivity index (χ3v) is 6.17. The van der Waals surface area contributed by atoms with E-state index in [0.29, 0.717) is 43.2 Å². The van der Waals surface area contributed by atoms with E-state index in [9.17, 15) is 24.5 Å². The van der Waals surface area contributed by atoms with E-state index in [1.165, 1.54) is 24.3 Å². The van der Waals surface area contributed by atoms with Gasteiger partial charge in [0.2, 0.25) is 0 Å². The van der Waals surface area contributed by atoms with Gasteiger partial charge in [-0.1, -0.05) is 24.3 Å². The van der Waals surface area contributed by atoms with Gasteiger partial charge in [-0.25, -0.2) is 0 Å². The quantitative estimate of drug-likeness (QED) is 0.335. The fraction of sp³-hybridized carbons (Fsp3) is 0.261. The predicted molar refractivity (Wildman–Crippen MR) is 124 cm³/mol. The van der Waals surface area contributed by atoms with Crippen molar-refractivity contribution in [3.63, 3.8) is 0 Å². The molecule has 2 saturated heterocycles. The highest BCUT2D eigenvalue weighted by Gasteiger charge is 2.35. The van der Waals surface area contributed by atoms with Gasteiger partial charge in [-0.3, -0.25) is 29.4 Å². The SMILES string of the molecule is O=C(COc1ccc(/C=C2\SC(=O)N(Cc3ccc([N+](=O)[O-])cc3)C2=O)cc1)N1CCOCC1.